The number of allylic oxidation sites excluding steroid dienone is 1. The lowest BCUT2D eigenvalue weighted by Crippen LogP contribution is -2.24. The van der Waals surface area contributed by atoms with Gasteiger partial charge in [0.05, 0.1) is 25.2 Å². The molecule has 2 aliphatic heterocycles. The predicted molar refractivity (Wildman–Crippen MR) is 121 cm³/mol. The monoisotopic (exact) mass is 550 g/mol. The summed E-state index contributed by atoms with van der Waals surface area (Å²) in [5.74, 6) is -3.70. The number of carbonyl (C=O) groups is 1. The highest BCUT2D eigenvalue weighted by Crippen LogP contribution is 2.55. The van der Waals surface area contributed by atoms with Crippen molar-refractivity contribution >= 4 is 11.7 Å². The summed E-state index contributed by atoms with van der Waals surface area (Å²) >= 11 is 0. The maximum absolute atomic E-state index is 14.3. The van der Waals surface area contributed by atoms with Gasteiger partial charge in [-0.1, -0.05) is 5.16 Å². The minimum Gasteiger partial charge on any atom is -0.469 e. The second-order valence-corrected chi connectivity index (χ2v) is 8.72. The number of aromatic nitrogens is 2. The summed E-state index contributed by atoms with van der Waals surface area (Å²) < 4.78 is 94.7. The number of methoxy groups -OCH3 is 1. The van der Waals surface area contributed by atoms with Crippen molar-refractivity contribution in [1.29, 1.82) is 5.26 Å². The number of hydrogen-bond acceptors (Lipinski definition) is 8. The van der Waals surface area contributed by atoms with E-state index in [-0.39, 0.29) is 59.1 Å². The van der Waals surface area contributed by atoms with Crippen LogP contribution < -0.4 is 9.64 Å². The van der Waals surface area contributed by atoms with Crippen molar-refractivity contribution in [3.63, 3.8) is 0 Å². The molecule has 1 unspecified atom stereocenters. The van der Waals surface area contributed by atoms with Crippen LogP contribution in [0, 0.1) is 11.3 Å². The lowest BCUT2D eigenvalue weighted by atomic mass is 9.92. The fraction of sp³-hybridized carbons (Fsp3) is 0.280. The van der Waals surface area contributed by atoms with Gasteiger partial charge in [0.1, 0.15) is 11.7 Å². The summed E-state index contributed by atoms with van der Waals surface area (Å²) in [4.78, 5) is 17.5. The molecule has 39 heavy (non-hydrogen) atoms. The topological polar surface area (TPSA) is 101 Å². The molecule has 0 aliphatic carbocycles. The Morgan fingerprint density at radius 3 is 2.59 bits per heavy atom. The number of halogens is 6. The molecule has 202 valence electrons. The lowest BCUT2D eigenvalue weighted by molar-refractivity contribution is -0.274. The third kappa shape index (κ3) is 4.99. The molecule has 14 heteroatoms. The summed E-state index contributed by atoms with van der Waals surface area (Å²) in [6.45, 7) is 0.268. The summed E-state index contributed by atoms with van der Waals surface area (Å²) in [5, 5.41) is 12.9. The molecule has 3 aromatic rings. The van der Waals surface area contributed by atoms with Gasteiger partial charge in [0.25, 0.3) is 5.89 Å². The Morgan fingerprint density at radius 1 is 1.15 bits per heavy atom. The fourth-order valence-electron chi connectivity index (χ4n) is 4.81. The first-order valence-corrected chi connectivity index (χ1v) is 11.3. The van der Waals surface area contributed by atoms with Crippen molar-refractivity contribution in [3.8, 4) is 34.7 Å². The Hall–Kier alpha value is -4.54. The number of nitrogens with zero attached hydrogens (tertiary/aromatic N) is 4. The highest BCUT2D eigenvalue weighted by atomic mass is 19.4. The smallest absolute Gasteiger partial charge is 0.469 e. The molecule has 5 rings (SSSR count). The molecular weight excluding hydrogens is 534 g/mol. The molecule has 1 aromatic heterocycles. The molecule has 0 saturated carbocycles. The standard InChI is InChI=1S/C25H16F6N4O4/c1-37-19(36)10-13-4-5-35-18-3-2-14(9-17(18)20(21(13)35)24(26,27)28)22-33-23(39-34-22)15-6-12(11-32)7-16(8-15)38-25(29,30)31/h2-3,6-9,20H,4-5,10H2,1H3. The number of rotatable bonds is 5. The zero-order valence-electron chi connectivity index (χ0n) is 19.9. The molecule has 0 bridgehead atoms. The number of anilines is 1. The fourth-order valence-corrected chi connectivity index (χ4v) is 4.81. The molecule has 0 radical (unpaired) electrons. The highest BCUT2D eigenvalue weighted by molar-refractivity contribution is 5.79. The van der Waals surface area contributed by atoms with Gasteiger partial charge >= 0.3 is 18.5 Å². The molecule has 2 aromatic carbocycles. The zero-order valence-corrected chi connectivity index (χ0v) is 19.9. The molecule has 3 heterocycles. The maximum atomic E-state index is 14.3. The highest BCUT2D eigenvalue weighted by Gasteiger charge is 2.53. The second kappa shape index (κ2) is 9.33. The van der Waals surface area contributed by atoms with E-state index in [4.69, 9.17) is 9.78 Å². The quantitative estimate of drug-likeness (QED) is 0.288. The second-order valence-electron chi connectivity index (χ2n) is 8.72. The SMILES string of the molecule is COC(=O)CC1=C2C(C(F)(F)F)c3cc(-c4noc(-c5cc(C#N)cc(OC(F)(F)F)c5)n4)ccc3N2CC1. The van der Waals surface area contributed by atoms with Gasteiger partial charge in [0.15, 0.2) is 0 Å². The van der Waals surface area contributed by atoms with Crippen LogP contribution in [0.1, 0.15) is 29.9 Å². The number of nitriles is 1. The van der Waals surface area contributed by atoms with E-state index in [2.05, 4.69) is 19.6 Å². The molecule has 8 nitrogen and oxygen atoms in total. The average molecular weight is 550 g/mol. The van der Waals surface area contributed by atoms with Crippen molar-refractivity contribution < 1.29 is 45.1 Å². The van der Waals surface area contributed by atoms with Crippen LogP contribution in [0.4, 0.5) is 32.0 Å². The van der Waals surface area contributed by atoms with Crippen LogP contribution >= 0.6 is 0 Å². The van der Waals surface area contributed by atoms with Gasteiger partial charge in [-0.2, -0.15) is 23.4 Å². The van der Waals surface area contributed by atoms with E-state index >= 15 is 0 Å². The van der Waals surface area contributed by atoms with Crippen LogP contribution in [-0.4, -0.2) is 42.3 Å². The number of alkyl halides is 6. The van der Waals surface area contributed by atoms with Crippen LogP contribution in [0.5, 0.6) is 5.75 Å². The van der Waals surface area contributed by atoms with Gasteiger partial charge in [0, 0.05) is 29.1 Å². The Balaban J connectivity index is 1.52. The molecule has 1 atom stereocenters. The number of benzene rings is 2. The number of carbonyl (C=O) groups excluding carboxylic acids is 1. The van der Waals surface area contributed by atoms with Crippen LogP contribution in [0.2, 0.25) is 0 Å². The van der Waals surface area contributed by atoms with Gasteiger partial charge in [-0.25, -0.2) is 0 Å². The first-order chi connectivity index (χ1) is 18.4. The summed E-state index contributed by atoms with van der Waals surface area (Å²) in [5.41, 5.74) is 0.550. The van der Waals surface area contributed by atoms with Crippen molar-refractivity contribution in [2.75, 3.05) is 18.6 Å². The Bertz CT molecular complexity index is 1540. The van der Waals surface area contributed by atoms with Crippen molar-refractivity contribution in [1.82, 2.24) is 10.1 Å². The van der Waals surface area contributed by atoms with Gasteiger partial charge in [-0.15, -0.1) is 13.2 Å². The van der Waals surface area contributed by atoms with Crippen LogP contribution in [0.15, 0.2) is 52.2 Å². The third-order valence-electron chi connectivity index (χ3n) is 6.31. The number of esters is 1. The van der Waals surface area contributed by atoms with E-state index in [1.54, 1.807) is 6.07 Å². The lowest BCUT2D eigenvalue weighted by Gasteiger charge is -2.20. The summed E-state index contributed by atoms with van der Waals surface area (Å²) in [6, 6.07) is 8.97. The van der Waals surface area contributed by atoms with Crippen molar-refractivity contribution in [3.05, 3.63) is 58.8 Å². The van der Waals surface area contributed by atoms with E-state index in [1.807, 2.05) is 0 Å². The Morgan fingerprint density at radius 2 is 1.92 bits per heavy atom. The summed E-state index contributed by atoms with van der Waals surface area (Å²) in [7, 11) is 1.16. The molecule has 0 amide bonds. The van der Waals surface area contributed by atoms with Gasteiger partial charge in [-0.05, 0) is 54.0 Å². The van der Waals surface area contributed by atoms with Crippen LogP contribution in [0.3, 0.4) is 0 Å². The van der Waals surface area contributed by atoms with E-state index in [0.29, 0.717) is 11.3 Å². The van der Waals surface area contributed by atoms with Crippen LogP contribution in [0.25, 0.3) is 22.8 Å². The van der Waals surface area contributed by atoms with Gasteiger partial charge in [-0.3, -0.25) is 4.79 Å². The molecule has 2 aliphatic rings. The van der Waals surface area contributed by atoms with E-state index in [9.17, 15) is 31.1 Å². The number of hydrogen-bond donors (Lipinski definition) is 0. The molecule has 0 fully saturated rings. The summed E-state index contributed by atoms with van der Waals surface area (Å²) in [6.07, 6.45) is -9.65. The number of fused-ring (bicyclic) bond motifs is 3. The van der Waals surface area contributed by atoms with E-state index < -0.39 is 30.2 Å². The van der Waals surface area contributed by atoms with Crippen molar-refractivity contribution in [2.24, 2.45) is 0 Å². The number of ether oxygens (including phenoxy) is 2. The van der Waals surface area contributed by atoms with Gasteiger partial charge in [0.2, 0.25) is 5.82 Å². The average Bonchev–Trinajstić information content (AvgIpc) is 3.57. The van der Waals surface area contributed by atoms with Crippen LogP contribution in [-0.2, 0) is 9.53 Å². The maximum Gasteiger partial charge on any atom is 0.573 e. The Kier molecular flexibility index (Phi) is 6.24. The molecular formula is C25H16F6N4O4. The predicted octanol–water partition coefficient (Wildman–Crippen LogP) is 5.86. The van der Waals surface area contributed by atoms with Crippen molar-refractivity contribution in [2.45, 2.75) is 31.3 Å². The van der Waals surface area contributed by atoms with E-state index in [1.165, 1.54) is 29.2 Å². The Labute approximate surface area is 216 Å². The molecule has 0 saturated heterocycles. The minimum atomic E-state index is -5.01. The first-order valence-electron chi connectivity index (χ1n) is 11.3. The molecule has 0 N–H and O–H groups in total. The van der Waals surface area contributed by atoms with Gasteiger partial charge < -0.3 is 18.9 Å². The zero-order chi connectivity index (χ0) is 28.1. The van der Waals surface area contributed by atoms with E-state index in [0.717, 1.165) is 19.2 Å². The first kappa shape index (κ1) is 26.1. The molecule has 0 spiro atoms. The normalized spacial score (nSPS) is 16.7. The largest absolute Gasteiger partial charge is 0.573 e. The third-order valence-corrected chi connectivity index (χ3v) is 6.31. The minimum absolute atomic E-state index is 0.000589.